The molecule has 1 saturated heterocycles. The highest BCUT2D eigenvalue weighted by Gasteiger charge is 2.52. The Kier molecular flexibility index (Phi) is 6.61. The van der Waals surface area contributed by atoms with Gasteiger partial charge < -0.3 is 14.6 Å². The number of hydrogen-bond donors (Lipinski definition) is 2. The average Bonchev–Trinajstić information content (AvgIpc) is 3.27. The molecule has 1 aromatic heterocycles. The van der Waals surface area contributed by atoms with Crippen LogP contribution in [0.3, 0.4) is 0 Å². The van der Waals surface area contributed by atoms with Crippen LogP contribution in [-0.4, -0.2) is 29.6 Å². The van der Waals surface area contributed by atoms with Crippen molar-refractivity contribution in [1.29, 1.82) is 0 Å². The minimum Gasteiger partial charge on any atom is -0.399 e. The molecule has 2 heterocycles. The first-order valence-corrected chi connectivity index (χ1v) is 11.3. The Labute approximate surface area is 206 Å². The molecular formula is C24H27BF3N4O4+. The quantitative estimate of drug-likeness (QED) is 0.401. The average molecular weight is 503 g/mol. The molecule has 0 saturated carbocycles. The number of carbonyl (C=O) groups is 1. The van der Waals surface area contributed by atoms with Crippen LogP contribution in [0.1, 0.15) is 44.4 Å². The van der Waals surface area contributed by atoms with Crippen LogP contribution >= 0.6 is 0 Å². The zero-order valence-electron chi connectivity index (χ0n) is 20.6. The van der Waals surface area contributed by atoms with Crippen molar-refractivity contribution < 1.29 is 36.5 Å². The van der Waals surface area contributed by atoms with E-state index in [1.807, 2.05) is 52.8 Å². The zero-order chi connectivity index (χ0) is 26.3. The molecular weight excluding hydrogens is 476 g/mol. The smallest absolute Gasteiger partial charge is 0.399 e. The Bertz CT molecular complexity index is 1260. The summed E-state index contributed by atoms with van der Waals surface area (Å²) in [6.07, 6.45) is -3.03. The van der Waals surface area contributed by atoms with E-state index in [9.17, 15) is 18.0 Å². The summed E-state index contributed by atoms with van der Waals surface area (Å²) in [4.78, 5) is 12.2. The summed E-state index contributed by atoms with van der Waals surface area (Å²) in [6.45, 7) is 10.4. The lowest BCUT2D eigenvalue weighted by molar-refractivity contribution is -0.754. The topological polar surface area (TPSA) is 89.5 Å². The van der Waals surface area contributed by atoms with Gasteiger partial charge in [0.1, 0.15) is 0 Å². The number of hydrogen-bond acceptors (Lipinski definition) is 5. The third kappa shape index (κ3) is 5.54. The van der Waals surface area contributed by atoms with Gasteiger partial charge in [0.05, 0.1) is 16.8 Å². The Morgan fingerprint density at radius 3 is 2.39 bits per heavy atom. The molecule has 2 amide bonds. The fourth-order valence-electron chi connectivity index (χ4n) is 3.71. The second-order valence-electron chi connectivity index (χ2n) is 9.70. The summed E-state index contributed by atoms with van der Waals surface area (Å²) < 4.78 is 57.5. The van der Waals surface area contributed by atoms with E-state index in [0.717, 1.165) is 28.7 Å². The molecule has 8 nitrogen and oxygen atoms in total. The maximum atomic E-state index is 12.9. The summed E-state index contributed by atoms with van der Waals surface area (Å²) in [6, 6.07) is 9.45. The van der Waals surface area contributed by atoms with Crippen LogP contribution in [0.15, 0.2) is 53.2 Å². The Morgan fingerprint density at radius 1 is 1.06 bits per heavy atom. The second kappa shape index (κ2) is 9.25. The summed E-state index contributed by atoms with van der Waals surface area (Å²) in [5.41, 5.74) is 1.13. The molecule has 36 heavy (non-hydrogen) atoms. The van der Waals surface area contributed by atoms with E-state index in [2.05, 4.69) is 15.9 Å². The maximum absolute atomic E-state index is 12.9. The normalized spacial score (nSPS) is 16.7. The second-order valence-corrected chi connectivity index (χ2v) is 9.70. The van der Waals surface area contributed by atoms with Crippen LogP contribution in [0, 0.1) is 6.92 Å². The van der Waals surface area contributed by atoms with Gasteiger partial charge in [-0.1, -0.05) is 29.8 Å². The molecule has 12 heteroatoms. The van der Waals surface area contributed by atoms with E-state index >= 15 is 0 Å². The summed E-state index contributed by atoms with van der Waals surface area (Å²) in [5, 5.41) is 8.64. The van der Waals surface area contributed by atoms with Gasteiger partial charge >= 0.3 is 25.2 Å². The van der Waals surface area contributed by atoms with Gasteiger partial charge in [0, 0.05) is 11.3 Å². The van der Waals surface area contributed by atoms with Gasteiger partial charge in [-0.2, -0.15) is 13.2 Å². The lowest BCUT2D eigenvalue weighted by Gasteiger charge is -2.32. The number of nitrogens with zero attached hydrogens (tertiary/aromatic N) is 2. The minimum atomic E-state index is -4.51. The third-order valence-electron chi connectivity index (χ3n) is 6.38. The van der Waals surface area contributed by atoms with Gasteiger partial charge in [-0.15, -0.1) is 0 Å². The fraction of sp³-hybridized carbons (Fsp3) is 0.375. The molecule has 0 unspecified atom stereocenters. The molecule has 1 aliphatic rings. The number of anilines is 2. The third-order valence-corrected chi connectivity index (χ3v) is 6.38. The van der Waals surface area contributed by atoms with Gasteiger partial charge in [-0.3, -0.25) is 9.84 Å². The number of nitrogens with one attached hydrogen (secondary N) is 2. The largest absolute Gasteiger partial charge is 0.495 e. The highest BCUT2D eigenvalue weighted by Crippen LogP contribution is 2.36. The highest BCUT2D eigenvalue weighted by molar-refractivity contribution is 6.62. The molecule has 1 aliphatic heterocycles. The van der Waals surface area contributed by atoms with E-state index in [4.69, 9.17) is 13.8 Å². The van der Waals surface area contributed by atoms with Gasteiger partial charge in [-0.05, 0) is 63.0 Å². The molecule has 0 atom stereocenters. The first-order chi connectivity index (χ1) is 16.7. The molecule has 2 N–H and O–H groups in total. The van der Waals surface area contributed by atoms with Crippen molar-refractivity contribution in [2.24, 2.45) is 0 Å². The SMILES string of the molecule is Cc1cc(C[n+]2cc(NC(=O)Nc3cccc(C(F)(F)F)c3)on2)ccc1B1OC(C)(C)C(C)(C)O1. The van der Waals surface area contributed by atoms with Crippen molar-refractivity contribution in [3.8, 4) is 0 Å². The predicted molar refractivity (Wildman–Crippen MR) is 127 cm³/mol. The molecule has 3 aromatic rings. The number of urea groups is 1. The van der Waals surface area contributed by atoms with Gasteiger partial charge in [0.25, 0.3) is 6.20 Å². The lowest BCUT2D eigenvalue weighted by Crippen LogP contribution is -2.41. The zero-order valence-corrected chi connectivity index (χ0v) is 20.6. The number of carbonyl (C=O) groups excluding carboxylic acids is 1. The fourth-order valence-corrected chi connectivity index (χ4v) is 3.71. The predicted octanol–water partition coefficient (Wildman–Crippen LogP) is 4.28. The van der Waals surface area contributed by atoms with Crippen molar-refractivity contribution in [3.63, 3.8) is 0 Å². The number of aromatic nitrogens is 2. The number of aryl methyl sites for hydroxylation is 1. The van der Waals surface area contributed by atoms with E-state index in [-0.39, 0.29) is 11.6 Å². The van der Waals surface area contributed by atoms with Crippen LogP contribution in [0.25, 0.3) is 0 Å². The molecule has 0 aliphatic carbocycles. The minimum absolute atomic E-state index is 0.00715. The van der Waals surface area contributed by atoms with Crippen LogP contribution in [0.4, 0.5) is 29.5 Å². The van der Waals surface area contributed by atoms with Crippen LogP contribution in [0.5, 0.6) is 0 Å². The van der Waals surface area contributed by atoms with Crippen molar-refractivity contribution in [2.45, 2.75) is 58.5 Å². The Morgan fingerprint density at radius 2 is 1.75 bits per heavy atom. The van der Waals surface area contributed by atoms with Crippen LogP contribution in [0.2, 0.25) is 0 Å². The lowest BCUT2D eigenvalue weighted by atomic mass is 9.76. The monoisotopic (exact) mass is 503 g/mol. The van der Waals surface area contributed by atoms with Crippen LogP contribution in [-0.2, 0) is 22.0 Å². The molecule has 0 bridgehead atoms. The van der Waals surface area contributed by atoms with E-state index < -0.39 is 36.1 Å². The molecule has 2 aromatic carbocycles. The van der Waals surface area contributed by atoms with Crippen molar-refractivity contribution >= 4 is 30.2 Å². The van der Waals surface area contributed by atoms with Crippen molar-refractivity contribution in [2.75, 3.05) is 10.6 Å². The molecule has 0 spiro atoms. The van der Waals surface area contributed by atoms with E-state index in [1.54, 1.807) is 0 Å². The molecule has 0 radical (unpaired) electrons. The summed E-state index contributed by atoms with van der Waals surface area (Å²) in [7, 11) is -0.463. The molecule has 4 rings (SSSR count). The number of alkyl halides is 3. The number of amides is 2. The number of rotatable bonds is 5. The van der Waals surface area contributed by atoms with Gasteiger partial charge in [0.15, 0.2) is 0 Å². The molecule has 190 valence electrons. The Hall–Kier alpha value is -3.38. The van der Waals surface area contributed by atoms with Crippen molar-refractivity contribution in [3.05, 3.63) is 65.4 Å². The van der Waals surface area contributed by atoms with Gasteiger partial charge in [0.2, 0.25) is 11.8 Å². The summed E-state index contributed by atoms with van der Waals surface area (Å²) in [5.74, 6) is 0.0324. The van der Waals surface area contributed by atoms with Crippen LogP contribution < -0.4 is 20.8 Å². The van der Waals surface area contributed by atoms with Crippen molar-refractivity contribution in [1.82, 2.24) is 5.27 Å². The van der Waals surface area contributed by atoms with E-state index in [1.165, 1.54) is 23.0 Å². The first kappa shape index (κ1) is 25.7. The van der Waals surface area contributed by atoms with Gasteiger partial charge in [-0.25, -0.2) is 4.79 Å². The van der Waals surface area contributed by atoms with E-state index in [0.29, 0.717) is 6.54 Å². The number of halogens is 3. The highest BCUT2D eigenvalue weighted by atomic mass is 19.4. The first-order valence-electron chi connectivity index (χ1n) is 11.3. The summed E-state index contributed by atoms with van der Waals surface area (Å²) >= 11 is 0. The Balaban J connectivity index is 1.37. The molecule has 1 fully saturated rings. The number of benzene rings is 2. The standard InChI is InChI=1S/C24H26BF3N4O4/c1-15-11-16(9-10-19(15)25-35-22(2,3)23(4,5)36-25)13-32-14-20(34-31-32)30-21(33)29-18-8-6-7-17(12-18)24(26,27)28/h6-12,14H,13H2,1-5H3,(H-,29,30,31,33)/p+1. The maximum Gasteiger partial charge on any atom is 0.495 e.